The van der Waals surface area contributed by atoms with Crippen LogP contribution >= 0.6 is 0 Å². The lowest BCUT2D eigenvalue weighted by Crippen LogP contribution is -2.49. The zero-order chi connectivity index (χ0) is 41.8. The number of amides is 3. The smallest absolute Gasteiger partial charge is 0.409 e. The summed E-state index contributed by atoms with van der Waals surface area (Å²) in [6.07, 6.45) is 7.79. The third-order valence-electron chi connectivity index (χ3n) is 11.5. The number of hydrogen-bond acceptors (Lipinski definition) is 13. The molecular formula is C47H62N8O8. The molecule has 0 radical (unpaired) electrons. The molecule has 9 rings (SSSR count). The lowest BCUT2D eigenvalue weighted by molar-refractivity contribution is -0.186. The predicted octanol–water partition coefficient (Wildman–Crippen LogP) is 6.29. The van der Waals surface area contributed by atoms with Crippen LogP contribution in [0.5, 0.6) is 0 Å². The zero-order valence-electron chi connectivity index (χ0n) is 34.3. The number of benzene rings is 2. The lowest BCUT2D eigenvalue weighted by atomic mass is 9.98. The summed E-state index contributed by atoms with van der Waals surface area (Å²) in [6, 6.07) is 23.8. The molecule has 0 saturated carbocycles. The first-order valence-corrected chi connectivity index (χ1v) is 21.4. The molecule has 2 aromatic carbocycles. The maximum Gasteiger partial charge on any atom is 0.409 e. The number of anilines is 2. The maximum atomic E-state index is 12.9. The summed E-state index contributed by atoms with van der Waals surface area (Å²) in [5.74, 6) is 1.05. The average molecular weight is 867 g/mol. The molecule has 4 saturated heterocycles. The number of aromatic nitrogens is 2. The van der Waals surface area contributed by atoms with Gasteiger partial charge in [-0.1, -0.05) is 63.4 Å². The normalized spacial score (nSPS) is 19.5. The summed E-state index contributed by atoms with van der Waals surface area (Å²) < 4.78 is 16.7. The van der Waals surface area contributed by atoms with Crippen LogP contribution < -0.4 is 26.1 Å². The van der Waals surface area contributed by atoms with Crippen molar-refractivity contribution in [3.05, 3.63) is 107 Å². The first kappa shape index (κ1) is 46.8. The van der Waals surface area contributed by atoms with E-state index in [1.807, 2.05) is 36.4 Å². The standard InChI is InChI=1S/C30H32N4O5.C15H22N4O3.2CH4/c35-29(32-39-28-11-5-6-18-37-28)21-12-13-27(31-19-21)33-14-16-34(17-15-33)30(36)38-20-26-24-9-3-1-7-22(24)23-8-2-4-10-25(23)26;20-15(18-22-14-3-1-2-10-21-14)12-4-5-13(17-11-12)19-8-6-16-7-9-19;;/h1-4,7-10,12-13,19,26,28H,5-6,11,14-18,20H2,(H,32,35);4-5,11,14,16H,1-3,6-10H2,(H,18,20);2*1H4. The Morgan fingerprint density at radius 1 is 0.635 bits per heavy atom. The number of pyridine rings is 2. The summed E-state index contributed by atoms with van der Waals surface area (Å²) >= 11 is 0. The Morgan fingerprint density at radius 2 is 1.13 bits per heavy atom. The van der Waals surface area contributed by atoms with Crippen LogP contribution in [-0.2, 0) is 23.9 Å². The van der Waals surface area contributed by atoms with Crippen molar-refractivity contribution in [1.82, 2.24) is 31.1 Å². The van der Waals surface area contributed by atoms with Gasteiger partial charge >= 0.3 is 6.09 Å². The monoisotopic (exact) mass is 866 g/mol. The molecule has 3 amide bonds. The van der Waals surface area contributed by atoms with Gasteiger partial charge in [-0.05, 0) is 72.2 Å². The summed E-state index contributed by atoms with van der Waals surface area (Å²) in [5.41, 5.74) is 10.6. The SMILES string of the molecule is C.C.O=C(NOC1CCCCO1)c1ccc(N2CCN(C(=O)OCC3c4ccccc4-c4ccccc43)CC2)nc1.O=C(NOC1CCCCO1)c1ccc(N2CCNCC2)nc1. The minimum Gasteiger partial charge on any atom is -0.448 e. The molecule has 63 heavy (non-hydrogen) atoms. The lowest BCUT2D eigenvalue weighted by Gasteiger charge is -2.35. The second kappa shape index (κ2) is 23.2. The van der Waals surface area contributed by atoms with Gasteiger partial charge in [0.2, 0.25) is 0 Å². The van der Waals surface area contributed by atoms with Crippen molar-refractivity contribution in [1.29, 1.82) is 0 Å². The van der Waals surface area contributed by atoms with E-state index in [2.05, 4.69) is 60.3 Å². The van der Waals surface area contributed by atoms with Crippen LogP contribution in [0.25, 0.3) is 11.1 Å². The Hall–Kier alpha value is -5.65. The molecular weight excluding hydrogens is 805 g/mol. The maximum absolute atomic E-state index is 12.9. The highest BCUT2D eigenvalue weighted by Crippen LogP contribution is 2.44. The van der Waals surface area contributed by atoms with E-state index < -0.39 is 6.29 Å². The number of rotatable bonds is 10. The number of nitrogens with zero attached hydrogens (tertiary/aromatic N) is 5. The fraction of sp³-hybridized carbons (Fsp3) is 0.468. The number of hydrogen-bond donors (Lipinski definition) is 3. The largest absolute Gasteiger partial charge is 0.448 e. The molecule has 6 heterocycles. The summed E-state index contributed by atoms with van der Waals surface area (Å²) in [7, 11) is 0. The number of piperazine rings is 2. The molecule has 4 aliphatic heterocycles. The molecule has 3 N–H and O–H groups in total. The van der Waals surface area contributed by atoms with Crippen LogP contribution in [0, 0.1) is 0 Å². The van der Waals surface area contributed by atoms with Crippen LogP contribution in [0.3, 0.4) is 0 Å². The summed E-state index contributed by atoms with van der Waals surface area (Å²) in [6.45, 7) is 7.75. The van der Waals surface area contributed by atoms with E-state index in [0.717, 1.165) is 76.3 Å². The van der Waals surface area contributed by atoms with E-state index in [9.17, 15) is 14.4 Å². The van der Waals surface area contributed by atoms with Gasteiger partial charge in [-0.25, -0.2) is 35.4 Å². The van der Waals surface area contributed by atoms with E-state index in [4.69, 9.17) is 23.9 Å². The number of nitrogens with one attached hydrogen (secondary N) is 3. The molecule has 0 bridgehead atoms. The number of fused-ring (bicyclic) bond motifs is 3. The number of carbonyl (C=O) groups is 3. The van der Waals surface area contributed by atoms with Crippen LogP contribution in [0.15, 0.2) is 85.2 Å². The first-order chi connectivity index (χ1) is 30.0. The van der Waals surface area contributed by atoms with Crippen molar-refractivity contribution in [2.45, 2.75) is 71.9 Å². The van der Waals surface area contributed by atoms with Gasteiger partial charge in [-0.15, -0.1) is 0 Å². The number of carbonyl (C=O) groups excluding carboxylic acids is 3. The first-order valence-electron chi connectivity index (χ1n) is 21.4. The van der Waals surface area contributed by atoms with Crippen molar-refractivity contribution in [3.8, 4) is 11.1 Å². The van der Waals surface area contributed by atoms with Crippen LogP contribution in [0.4, 0.5) is 16.4 Å². The third kappa shape index (κ3) is 12.1. The van der Waals surface area contributed by atoms with Crippen molar-refractivity contribution < 1.29 is 38.3 Å². The molecule has 2 aromatic heterocycles. The van der Waals surface area contributed by atoms with E-state index in [1.54, 1.807) is 23.2 Å². The van der Waals surface area contributed by atoms with Gasteiger partial charge in [0.1, 0.15) is 18.2 Å². The Balaban J connectivity index is 0.000000235. The van der Waals surface area contributed by atoms with Gasteiger partial charge in [0, 0.05) is 96.7 Å². The van der Waals surface area contributed by atoms with Crippen LogP contribution in [-0.4, -0.2) is 118 Å². The highest BCUT2D eigenvalue weighted by molar-refractivity contribution is 5.93. The Labute approximate surface area is 370 Å². The Morgan fingerprint density at radius 3 is 1.59 bits per heavy atom. The zero-order valence-corrected chi connectivity index (χ0v) is 34.3. The molecule has 16 nitrogen and oxygen atoms in total. The number of ether oxygens (including phenoxy) is 3. The molecule has 4 fully saturated rings. The second-order valence-electron chi connectivity index (χ2n) is 15.5. The van der Waals surface area contributed by atoms with Gasteiger partial charge < -0.3 is 34.2 Å². The van der Waals surface area contributed by atoms with E-state index in [-0.39, 0.29) is 45.0 Å². The van der Waals surface area contributed by atoms with Crippen molar-refractivity contribution in [3.63, 3.8) is 0 Å². The highest BCUT2D eigenvalue weighted by Gasteiger charge is 2.31. The summed E-state index contributed by atoms with van der Waals surface area (Å²) in [5, 5.41) is 3.30. The second-order valence-corrected chi connectivity index (χ2v) is 15.5. The predicted molar refractivity (Wildman–Crippen MR) is 240 cm³/mol. The van der Waals surface area contributed by atoms with E-state index >= 15 is 0 Å². The molecule has 0 spiro atoms. The summed E-state index contributed by atoms with van der Waals surface area (Å²) in [4.78, 5) is 62.8. The fourth-order valence-corrected chi connectivity index (χ4v) is 8.08. The average Bonchev–Trinajstić information content (AvgIpc) is 3.66. The molecule has 1 aliphatic carbocycles. The minimum absolute atomic E-state index is 0. The molecule has 16 heteroatoms. The van der Waals surface area contributed by atoms with Crippen molar-refractivity contribution in [2.24, 2.45) is 0 Å². The van der Waals surface area contributed by atoms with Crippen LogP contribution in [0.1, 0.15) is 91.1 Å². The van der Waals surface area contributed by atoms with Crippen molar-refractivity contribution in [2.75, 3.05) is 82.0 Å². The molecule has 4 aromatic rings. The minimum atomic E-state index is -0.400. The number of hydroxylamine groups is 2. The highest BCUT2D eigenvalue weighted by atomic mass is 16.8. The van der Waals surface area contributed by atoms with E-state index in [0.29, 0.717) is 57.1 Å². The van der Waals surface area contributed by atoms with Gasteiger partial charge in [0.05, 0.1) is 11.1 Å². The Bertz CT molecular complexity index is 2020. The van der Waals surface area contributed by atoms with Crippen molar-refractivity contribution >= 4 is 29.5 Å². The van der Waals surface area contributed by atoms with Gasteiger partial charge in [0.25, 0.3) is 11.8 Å². The molecule has 5 aliphatic rings. The van der Waals surface area contributed by atoms with Gasteiger partial charge in [-0.3, -0.25) is 9.59 Å². The van der Waals surface area contributed by atoms with Gasteiger partial charge in [0.15, 0.2) is 12.6 Å². The Kier molecular flexibility index (Phi) is 17.2. The molecule has 2 atom stereocenters. The van der Waals surface area contributed by atoms with E-state index in [1.165, 1.54) is 28.5 Å². The molecule has 2 unspecified atom stereocenters. The van der Waals surface area contributed by atoms with Crippen LogP contribution in [0.2, 0.25) is 0 Å². The topological polar surface area (TPSA) is 169 Å². The van der Waals surface area contributed by atoms with Gasteiger partial charge in [-0.2, -0.15) is 0 Å². The fourth-order valence-electron chi connectivity index (χ4n) is 8.08. The quantitative estimate of drug-likeness (QED) is 0.152. The third-order valence-corrected chi connectivity index (χ3v) is 11.5. The molecule has 338 valence electrons.